The highest BCUT2D eigenvalue weighted by atomic mass is 16.9. The molecule has 2 saturated heterocycles. The minimum atomic E-state index is -1.80. The van der Waals surface area contributed by atoms with Crippen LogP contribution in [0, 0.1) is 57.2 Å². The van der Waals surface area contributed by atoms with E-state index < -0.39 is 102 Å². The molecular weight excluding hydrogens is 833 g/mol. The van der Waals surface area contributed by atoms with Crippen molar-refractivity contribution in [2.24, 2.45) is 57.2 Å². The first-order valence-corrected chi connectivity index (χ1v) is 22.9. The van der Waals surface area contributed by atoms with Crippen LogP contribution in [0.1, 0.15) is 115 Å². The number of carbonyl (C=O) groups excluding carboxylic acids is 6. The lowest BCUT2D eigenvalue weighted by molar-refractivity contribution is -0.346. The van der Waals surface area contributed by atoms with Gasteiger partial charge in [0, 0.05) is 58.3 Å². The second-order valence-electron chi connectivity index (χ2n) is 20.5. The maximum Gasteiger partial charge on any atom is 0.303 e. The zero-order chi connectivity index (χ0) is 47.1. The molecule has 0 bridgehead atoms. The van der Waals surface area contributed by atoms with Gasteiger partial charge in [0.05, 0.1) is 6.61 Å². The van der Waals surface area contributed by atoms with Crippen LogP contribution in [0.4, 0.5) is 0 Å². The zero-order valence-electron chi connectivity index (χ0n) is 39.2. The minimum Gasteiger partial charge on any atom is -0.463 e. The van der Waals surface area contributed by atoms with E-state index in [4.69, 9.17) is 42.6 Å². The molecule has 9 unspecified atom stereocenters. The molecule has 2 heterocycles. The topological polar surface area (TPSA) is 206 Å². The lowest BCUT2D eigenvalue weighted by Crippen LogP contribution is -2.60. The van der Waals surface area contributed by atoms with E-state index in [0.717, 1.165) is 32.1 Å². The van der Waals surface area contributed by atoms with E-state index in [2.05, 4.69) is 33.4 Å². The fraction of sp³-hybridized carbons (Fsp3) is 0.792. The van der Waals surface area contributed by atoms with Gasteiger partial charge in [-0.3, -0.25) is 33.5 Å². The largest absolute Gasteiger partial charge is 0.463 e. The van der Waals surface area contributed by atoms with Crippen LogP contribution < -0.4 is 0 Å². The number of esters is 4. The molecule has 356 valence electrons. The zero-order valence-corrected chi connectivity index (χ0v) is 39.2. The summed E-state index contributed by atoms with van der Waals surface area (Å²) in [5.74, 6) is -5.39. The number of ketones is 2. The van der Waals surface area contributed by atoms with E-state index in [1.807, 2.05) is 13.0 Å². The lowest BCUT2D eigenvalue weighted by Gasteiger charge is -2.61. The summed E-state index contributed by atoms with van der Waals surface area (Å²) in [6.45, 7) is 21.9. The molecule has 2 aliphatic heterocycles. The van der Waals surface area contributed by atoms with Gasteiger partial charge in [-0.25, -0.2) is 0 Å². The van der Waals surface area contributed by atoms with Gasteiger partial charge in [-0.15, -0.1) is 0 Å². The van der Waals surface area contributed by atoms with E-state index in [1.54, 1.807) is 6.92 Å². The smallest absolute Gasteiger partial charge is 0.303 e. The first-order chi connectivity index (χ1) is 29.8. The highest BCUT2D eigenvalue weighted by molar-refractivity contribution is 6.00. The number of hydrogen-bond donors (Lipinski definition) is 1. The minimum absolute atomic E-state index is 0.00935. The highest BCUT2D eigenvalue weighted by Crippen LogP contribution is 2.87. The first-order valence-electron chi connectivity index (χ1n) is 22.9. The number of rotatable bonds is 15. The molecule has 5 aliphatic carbocycles. The van der Waals surface area contributed by atoms with Gasteiger partial charge in [0.2, 0.25) is 0 Å². The van der Waals surface area contributed by atoms with Crippen LogP contribution in [0.2, 0.25) is 0 Å². The van der Waals surface area contributed by atoms with Crippen molar-refractivity contribution in [2.45, 2.75) is 170 Å². The predicted octanol–water partition coefficient (Wildman–Crippen LogP) is 5.30. The van der Waals surface area contributed by atoms with Crippen molar-refractivity contribution in [3.63, 3.8) is 0 Å². The molecule has 0 aromatic carbocycles. The number of allylic oxidation sites excluding steroid dienone is 2. The molecule has 16 heteroatoms. The number of fused-ring (bicyclic) bond motifs is 3. The van der Waals surface area contributed by atoms with E-state index in [0.29, 0.717) is 18.3 Å². The van der Waals surface area contributed by atoms with Crippen molar-refractivity contribution < 1.29 is 76.5 Å². The van der Waals surface area contributed by atoms with Crippen molar-refractivity contribution in [3.8, 4) is 0 Å². The fourth-order valence-electron chi connectivity index (χ4n) is 13.9. The molecule has 16 nitrogen and oxygen atoms in total. The Morgan fingerprint density at radius 1 is 0.906 bits per heavy atom. The molecule has 1 N–H and O–H groups in total. The normalized spacial score (nSPS) is 43.4. The molecule has 0 amide bonds. The van der Waals surface area contributed by atoms with Crippen molar-refractivity contribution in [1.29, 1.82) is 0 Å². The summed E-state index contributed by atoms with van der Waals surface area (Å²) in [5.41, 5.74) is -0.514. The van der Waals surface area contributed by atoms with Crippen LogP contribution in [0.15, 0.2) is 24.3 Å². The lowest BCUT2D eigenvalue weighted by atomic mass is 9.43. The Kier molecular flexibility index (Phi) is 13.1. The Labute approximate surface area is 375 Å². The van der Waals surface area contributed by atoms with Gasteiger partial charge in [0.25, 0.3) is 5.97 Å². The molecule has 2 spiro atoms. The Hall–Kier alpha value is -3.54. The number of hydrogen-bond acceptors (Lipinski definition) is 16. The number of aliphatic hydroxyl groups is 1. The summed E-state index contributed by atoms with van der Waals surface area (Å²) >= 11 is 0. The van der Waals surface area contributed by atoms with Crippen LogP contribution >= 0.6 is 0 Å². The Balaban J connectivity index is 1.09. The third-order valence-corrected chi connectivity index (χ3v) is 16.8. The first kappa shape index (κ1) is 48.4. The molecule has 7 aliphatic rings. The van der Waals surface area contributed by atoms with E-state index in [9.17, 15) is 33.9 Å². The van der Waals surface area contributed by atoms with Crippen molar-refractivity contribution in [2.75, 3.05) is 13.2 Å². The molecule has 0 aromatic rings. The molecule has 7 rings (SSSR count). The van der Waals surface area contributed by atoms with Crippen molar-refractivity contribution >= 4 is 35.4 Å². The van der Waals surface area contributed by atoms with Gasteiger partial charge in [-0.05, 0) is 90.6 Å². The predicted molar refractivity (Wildman–Crippen MR) is 224 cm³/mol. The third-order valence-electron chi connectivity index (χ3n) is 16.8. The molecule has 0 radical (unpaired) electrons. The van der Waals surface area contributed by atoms with Gasteiger partial charge in [0.15, 0.2) is 36.4 Å². The van der Waals surface area contributed by atoms with E-state index in [-0.39, 0.29) is 52.7 Å². The number of Topliss-reactive ketones (excluding diaryl/α,β-unsaturated/α-hetero) is 1. The molecular formula is C48H68O16. The summed E-state index contributed by atoms with van der Waals surface area (Å²) in [6.07, 6.45) is 0.638. The second-order valence-corrected chi connectivity index (χ2v) is 20.5. The van der Waals surface area contributed by atoms with E-state index in [1.165, 1.54) is 41.5 Å². The molecule has 0 aromatic heterocycles. The monoisotopic (exact) mass is 900 g/mol. The second kappa shape index (κ2) is 17.3. The summed E-state index contributed by atoms with van der Waals surface area (Å²) in [4.78, 5) is 77.0. The Morgan fingerprint density at radius 3 is 2.22 bits per heavy atom. The number of aliphatic hydroxyl groups excluding tert-OH is 1. The van der Waals surface area contributed by atoms with Crippen molar-refractivity contribution in [3.05, 3.63) is 24.3 Å². The molecule has 4 saturated carbocycles. The van der Waals surface area contributed by atoms with Crippen LogP contribution in [-0.4, -0.2) is 109 Å². The average molecular weight is 901 g/mol. The maximum absolute atomic E-state index is 14.7. The molecule has 19 atom stereocenters. The van der Waals surface area contributed by atoms with Gasteiger partial charge < -0.3 is 43.0 Å². The third kappa shape index (κ3) is 8.09. The quantitative estimate of drug-likeness (QED) is 0.0958. The standard InChI is InChI=1S/C48H68O16/c1-23(20-57-46(12)63-42-41(61-31(9)53)40(60-30(8)52)35(21-56-27(5)49)62-43(42)64-46)24(2)38(55)39(59-29(7)51)26(4)37-34(58-28(6)50)19-45(11)36-14-13-32-25(3)33(54)15-16-47(32)22-48(36,47)18-17-44(37,45)10/h15-16,23,25-26,31-32,34-37,39-43,53H,2,13-14,17-22H2,1,3-12H3/t23-,25-,26-,31?,32?,34-,35?,36?,37-,39+,40?,41?,42?,43?,44+,45-,46?,47+,48-/m0/s1. The van der Waals surface area contributed by atoms with E-state index >= 15 is 0 Å². The molecule has 64 heavy (non-hydrogen) atoms. The number of carbonyl (C=O) groups is 6. The SMILES string of the molecule is C=C(C(=O)[C@H](OC(C)=O)[C@@H](C)[C@H]1[C@@H](OC(C)=O)C[C@@]2(C)C3CCC4[C@H](C)C(=O)C=C[C@@]45C[C@@]35CC[C@]12C)[C@@H](C)COC1(C)OC2OC(COC(C)=O)C(OC(C)=O)C(OC(C)O)C2O1. The van der Waals surface area contributed by atoms with Crippen LogP contribution in [0.25, 0.3) is 0 Å². The van der Waals surface area contributed by atoms with Gasteiger partial charge >= 0.3 is 23.9 Å². The Morgan fingerprint density at radius 2 is 1.59 bits per heavy atom. The maximum atomic E-state index is 14.7. The van der Waals surface area contributed by atoms with Crippen molar-refractivity contribution in [1.82, 2.24) is 0 Å². The summed E-state index contributed by atoms with van der Waals surface area (Å²) in [5, 5.41) is 10.2. The van der Waals surface area contributed by atoms with Crippen LogP contribution in [-0.2, 0) is 71.4 Å². The van der Waals surface area contributed by atoms with Crippen LogP contribution in [0.3, 0.4) is 0 Å². The highest BCUT2D eigenvalue weighted by Gasteiger charge is 2.82. The molecule has 6 fully saturated rings. The average Bonchev–Trinajstić information content (AvgIpc) is 3.66. The van der Waals surface area contributed by atoms with Gasteiger partial charge in [0.1, 0.15) is 31.0 Å². The number of ether oxygens (including phenoxy) is 9. The summed E-state index contributed by atoms with van der Waals surface area (Å²) in [6, 6.07) is 0. The van der Waals surface area contributed by atoms with Gasteiger partial charge in [-0.1, -0.05) is 47.3 Å². The van der Waals surface area contributed by atoms with Gasteiger partial charge in [-0.2, -0.15) is 0 Å². The Bertz CT molecular complexity index is 1950. The fourth-order valence-corrected chi connectivity index (χ4v) is 13.9. The van der Waals surface area contributed by atoms with Crippen LogP contribution in [0.5, 0.6) is 0 Å². The summed E-state index contributed by atoms with van der Waals surface area (Å²) in [7, 11) is 0. The summed E-state index contributed by atoms with van der Waals surface area (Å²) < 4.78 is 53.1.